The molecule has 0 rings (SSSR count). The summed E-state index contributed by atoms with van der Waals surface area (Å²) in [5.74, 6) is -6.23. The normalized spacial score (nSPS) is 11.7. The minimum absolute atomic E-state index is 0.0293. The van der Waals surface area contributed by atoms with E-state index in [4.69, 9.17) is 15.3 Å². The van der Waals surface area contributed by atoms with Gasteiger partial charge in [0, 0.05) is 18.6 Å². The summed E-state index contributed by atoms with van der Waals surface area (Å²) >= 11 is 0.751. The zero-order chi connectivity index (χ0) is 23.7. The molecule has 0 radical (unpaired) electrons. The average molecular weight is 452 g/mol. The highest BCUT2D eigenvalue weighted by Gasteiger charge is 2.28. The Morgan fingerprint density at radius 3 is 2.00 bits per heavy atom. The van der Waals surface area contributed by atoms with Gasteiger partial charge in [0.15, 0.2) is 0 Å². The fourth-order valence-electron chi connectivity index (χ4n) is 1.85. The molecule has 12 nitrogen and oxygen atoms in total. The highest BCUT2D eigenvalue weighted by Crippen LogP contribution is 2.18. The number of hydrogen-bond donors (Lipinski definition) is 5. The molecule has 0 aromatic carbocycles. The Balaban J connectivity index is 0. The van der Waals surface area contributed by atoms with E-state index >= 15 is 0 Å². The lowest BCUT2D eigenvalue weighted by molar-refractivity contribution is -0.144. The maximum absolute atomic E-state index is 12.1. The van der Waals surface area contributed by atoms with Crippen LogP contribution in [-0.4, -0.2) is 81.7 Å². The van der Waals surface area contributed by atoms with E-state index in [0.29, 0.717) is 0 Å². The first-order valence-electron chi connectivity index (χ1n) is 8.98. The second-order valence-electron chi connectivity index (χ2n) is 5.42. The molecule has 0 aromatic heterocycles. The SMILES string of the molecule is CC.COC(=O)C(CC(=O)O)SCC(NC(=O)CCCC(=O)O)C(=O)NCC(=O)O. The molecular formula is C17H28N2O10S. The Morgan fingerprint density at radius 1 is 0.933 bits per heavy atom. The lowest BCUT2D eigenvalue weighted by Crippen LogP contribution is -2.49. The van der Waals surface area contributed by atoms with Crippen molar-refractivity contribution >= 4 is 47.5 Å². The van der Waals surface area contributed by atoms with Crippen LogP contribution in [0, 0.1) is 0 Å². The van der Waals surface area contributed by atoms with E-state index in [9.17, 15) is 28.8 Å². The summed E-state index contributed by atoms with van der Waals surface area (Å²) in [4.78, 5) is 67.6. The van der Waals surface area contributed by atoms with Gasteiger partial charge in [0.2, 0.25) is 11.8 Å². The van der Waals surface area contributed by atoms with E-state index in [2.05, 4.69) is 15.4 Å². The molecule has 0 aliphatic carbocycles. The van der Waals surface area contributed by atoms with Gasteiger partial charge in [0.1, 0.15) is 17.8 Å². The van der Waals surface area contributed by atoms with Crippen molar-refractivity contribution in [1.82, 2.24) is 10.6 Å². The number of thioether (sulfide) groups is 1. The molecule has 30 heavy (non-hydrogen) atoms. The van der Waals surface area contributed by atoms with E-state index < -0.39 is 59.9 Å². The van der Waals surface area contributed by atoms with E-state index in [-0.39, 0.29) is 25.0 Å². The van der Waals surface area contributed by atoms with Gasteiger partial charge < -0.3 is 30.7 Å². The number of carbonyl (C=O) groups excluding carboxylic acids is 3. The summed E-state index contributed by atoms with van der Waals surface area (Å²) in [6.45, 7) is 3.30. The summed E-state index contributed by atoms with van der Waals surface area (Å²) in [6, 6.07) is -1.26. The smallest absolute Gasteiger partial charge is 0.322 e. The lowest BCUT2D eigenvalue weighted by atomic mass is 10.2. The topological polar surface area (TPSA) is 196 Å². The first-order valence-corrected chi connectivity index (χ1v) is 10.0. The quantitative estimate of drug-likeness (QED) is 0.217. The average Bonchev–Trinajstić information content (AvgIpc) is 2.68. The molecule has 5 N–H and O–H groups in total. The van der Waals surface area contributed by atoms with Crippen molar-refractivity contribution in [2.45, 2.75) is 50.8 Å². The van der Waals surface area contributed by atoms with Crippen molar-refractivity contribution in [3.8, 4) is 0 Å². The minimum Gasteiger partial charge on any atom is -0.481 e. The Bertz CT molecular complexity index is 611. The molecule has 0 aliphatic rings. The Kier molecular flexibility index (Phi) is 16.7. The molecule has 172 valence electrons. The van der Waals surface area contributed by atoms with Gasteiger partial charge in [-0.05, 0) is 6.42 Å². The fourth-order valence-corrected chi connectivity index (χ4v) is 3.00. The Hall–Kier alpha value is -2.83. The maximum Gasteiger partial charge on any atom is 0.322 e. The van der Waals surface area contributed by atoms with E-state index in [1.54, 1.807) is 0 Å². The summed E-state index contributed by atoms with van der Waals surface area (Å²) in [5.41, 5.74) is 0. The molecule has 0 spiro atoms. The number of nitrogens with one attached hydrogen (secondary N) is 2. The minimum atomic E-state index is -1.31. The number of esters is 1. The van der Waals surface area contributed by atoms with Crippen LogP contribution in [0.5, 0.6) is 0 Å². The number of methoxy groups -OCH3 is 1. The Morgan fingerprint density at radius 2 is 1.53 bits per heavy atom. The van der Waals surface area contributed by atoms with Crippen LogP contribution in [0.3, 0.4) is 0 Å². The van der Waals surface area contributed by atoms with Gasteiger partial charge in [-0.15, -0.1) is 11.8 Å². The van der Waals surface area contributed by atoms with Crippen LogP contribution in [0.1, 0.15) is 39.5 Å². The summed E-state index contributed by atoms with van der Waals surface area (Å²) in [6.07, 6.45) is -0.981. The van der Waals surface area contributed by atoms with Gasteiger partial charge >= 0.3 is 23.9 Å². The van der Waals surface area contributed by atoms with Gasteiger partial charge in [-0.25, -0.2) is 0 Å². The zero-order valence-corrected chi connectivity index (χ0v) is 17.8. The summed E-state index contributed by atoms with van der Waals surface area (Å²) < 4.78 is 4.50. The van der Waals surface area contributed by atoms with Gasteiger partial charge in [-0.3, -0.25) is 28.8 Å². The van der Waals surface area contributed by atoms with Crippen LogP contribution in [0.4, 0.5) is 0 Å². The van der Waals surface area contributed by atoms with Crippen molar-refractivity contribution in [1.29, 1.82) is 0 Å². The number of carboxylic acids is 3. The molecule has 2 amide bonds. The van der Waals surface area contributed by atoms with Gasteiger partial charge in [0.05, 0.1) is 13.5 Å². The number of carboxylic acid groups (broad SMARTS) is 3. The van der Waals surface area contributed by atoms with Crippen LogP contribution < -0.4 is 10.6 Å². The molecule has 2 atom stereocenters. The molecule has 0 saturated heterocycles. The van der Waals surface area contributed by atoms with Crippen molar-refractivity contribution in [2.75, 3.05) is 19.4 Å². The first kappa shape index (κ1) is 29.4. The molecule has 13 heteroatoms. The van der Waals surface area contributed by atoms with Crippen LogP contribution in [0.15, 0.2) is 0 Å². The molecule has 0 aromatic rings. The van der Waals surface area contributed by atoms with Crippen molar-refractivity contribution in [2.24, 2.45) is 0 Å². The predicted molar refractivity (Wildman–Crippen MR) is 106 cm³/mol. The molecule has 0 fully saturated rings. The molecule has 0 saturated carbocycles. The molecule has 0 heterocycles. The van der Waals surface area contributed by atoms with E-state index in [1.165, 1.54) is 0 Å². The number of amides is 2. The third-order valence-electron chi connectivity index (χ3n) is 3.15. The number of carbonyl (C=O) groups is 6. The predicted octanol–water partition coefficient (Wildman–Crippen LogP) is -0.297. The molecule has 0 aliphatic heterocycles. The van der Waals surface area contributed by atoms with Crippen molar-refractivity contribution in [3.63, 3.8) is 0 Å². The van der Waals surface area contributed by atoms with E-state index in [0.717, 1.165) is 18.9 Å². The third kappa shape index (κ3) is 15.1. The van der Waals surface area contributed by atoms with Gasteiger partial charge in [0.25, 0.3) is 0 Å². The van der Waals surface area contributed by atoms with Gasteiger partial charge in [-0.2, -0.15) is 0 Å². The lowest BCUT2D eigenvalue weighted by Gasteiger charge is -2.20. The number of aliphatic carboxylic acids is 3. The second kappa shape index (κ2) is 17.1. The third-order valence-corrected chi connectivity index (χ3v) is 4.44. The zero-order valence-electron chi connectivity index (χ0n) is 17.0. The highest BCUT2D eigenvalue weighted by atomic mass is 32.2. The van der Waals surface area contributed by atoms with Crippen LogP contribution in [0.25, 0.3) is 0 Å². The monoisotopic (exact) mass is 452 g/mol. The standard InChI is InChI=1S/C15H22N2O10S.C2H6/c1-27-15(26)9(5-12(21)22)28-7-8(14(25)16-6-13(23)24)17-10(18)3-2-4-11(19)20;1-2/h8-9H,2-7H2,1H3,(H,16,25)(H,17,18)(H,19,20)(H,21,22)(H,23,24);1-2H3. The number of hydrogen-bond acceptors (Lipinski definition) is 8. The van der Waals surface area contributed by atoms with E-state index in [1.807, 2.05) is 13.8 Å². The van der Waals surface area contributed by atoms with Crippen LogP contribution in [0.2, 0.25) is 0 Å². The molecular weight excluding hydrogens is 424 g/mol. The fraction of sp³-hybridized carbons (Fsp3) is 0.647. The number of rotatable bonds is 14. The first-order chi connectivity index (χ1) is 14.1. The van der Waals surface area contributed by atoms with Gasteiger partial charge in [-0.1, -0.05) is 13.8 Å². The molecule has 2 unspecified atom stereocenters. The second-order valence-corrected chi connectivity index (χ2v) is 6.66. The van der Waals surface area contributed by atoms with Crippen LogP contribution in [-0.2, 0) is 33.5 Å². The number of ether oxygens (including phenoxy) is 1. The van der Waals surface area contributed by atoms with Crippen molar-refractivity contribution < 1.29 is 48.8 Å². The highest BCUT2D eigenvalue weighted by molar-refractivity contribution is 8.00. The summed E-state index contributed by atoms with van der Waals surface area (Å²) in [5, 5.41) is 29.3. The summed E-state index contributed by atoms with van der Waals surface area (Å²) in [7, 11) is 1.07. The molecule has 0 bridgehead atoms. The Labute approximate surface area is 177 Å². The maximum atomic E-state index is 12.1. The van der Waals surface area contributed by atoms with Crippen molar-refractivity contribution in [3.05, 3.63) is 0 Å². The van der Waals surface area contributed by atoms with Crippen LogP contribution >= 0.6 is 11.8 Å². The largest absolute Gasteiger partial charge is 0.481 e.